The zero-order valence-corrected chi connectivity index (χ0v) is 14.6. The van der Waals surface area contributed by atoms with Gasteiger partial charge in [0.25, 0.3) is 0 Å². The number of amidine groups is 1. The number of nitrogens with zero attached hydrogens (tertiary/aromatic N) is 1. The summed E-state index contributed by atoms with van der Waals surface area (Å²) in [4.78, 5) is 4.75. The first-order valence-electron chi connectivity index (χ1n) is 8.08. The highest BCUT2D eigenvalue weighted by molar-refractivity contribution is 8.13. The van der Waals surface area contributed by atoms with Gasteiger partial charge in [0.2, 0.25) is 0 Å². The van der Waals surface area contributed by atoms with Gasteiger partial charge in [-0.1, -0.05) is 63.7 Å². The van der Waals surface area contributed by atoms with E-state index in [0.717, 1.165) is 18.3 Å². The molecule has 0 aliphatic carbocycles. The van der Waals surface area contributed by atoms with Gasteiger partial charge in [-0.2, -0.15) is 0 Å². The van der Waals surface area contributed by atoms with E-state index < -0.39 is 0 Å². The fraction of sp³-hybridized carbons (Fsp3) is 0.611. The van der Waals surface area contributed by atoms with E-state index in [1.54, 1.807) is 0 Å². The molecule has 21 heavy (non-hydrogen) atoms. The zero-order chi connectivity index (χ0) is 15.3. The maximum absolute atomic E-state index is 4.75. The lowest BCUT2D eigenvalue weighted by molar-refractivity contribution is 0.318. The van der Waals surface area contributed by atoms with Crippen molar-refractivity contribution in [3.8, 4) is 0 Å². The molecule has 0 aromatic heterocycles. The van der Waals surface area contributed by atoms with Crippen molar-refractivity contribution in [3.63, 3.8) is 0 Å². The van der Waals surface area contributed by atoms with Crippen LogP contribution in [0.3, 0.4) is 0 Å². The van der Waals surface area contributed by atoms with Crippen LogP contribution in [0.15, 0.2) is 29.3 Å². The van der Waals surface area contributed by atoms with Crippen molar-refractivity contribution in [1.29, 1.82) is 0 Å². The van der Waals surface area contributed by atoms with Gasteiger partial charge in [0.15, 0.2) is 5.17 Å². The first-order chi connectivity index (χ1) is 10.1. The third kappa shape index (κ3) is 4.26. The second kappa shape index (κ2) is 7.35. The summed E-state index contributed by atoms with van der Waals surface area (Å²) in [6.45, 7) is 10.9. The van der Waals surface area contributed by atoms with Crippen LogP contribution >= 0.6 is 11.8 Å². The van der Waals surface area contributed by atoms with E-state index in [4.69, 9.17) is 4.99 Å². The average Bonchev–Trinajstić information content (AvgIpc) is 2.54. The first kappa shape index (κ1) is 16.4. The van der Waals surface area contributed by atoms with Crippen molar-refractivity contribution in [1.82, 2.24) is 5.32 Å². The van der Waals surface area contributed by atoms with E-state index in [1.807, 2.05) is 11.8 Å². The van der Waals surface area contributed by atoms with Crippen LogP contribution in [-0.2, 0) is 6.54 Å². The Kier molecular flexibility index (Phi) is 5.74. The molecule has 0 radical (unpaired) electrons. The van der Waals surface area contributed by atoms with Crippen LogP contribution in [0, 0.1) is 5.41 Å². The number of rotatable bonds is 5. The predicted molar refractivity (Wildman–Crippen MR) is 95.1 cm³/mol. The lowest BCUT2D eigenvalue weighted by Gasteiger charge is -2.33. The molecule has 2 rings (SSSR count). The van der Waals surface area contributed by atoms with Gasteiger partial charge in [0.1, 0.15) is 0 Å². The Hall–Kier alpha value is -0.960. The molecule has 1 aliphatic rings. The smallest absolute Gasteiger partial charge is 0.156 e. The van der Waals surface area contributed by atoms with Gasteiger partial charge in [0, 0.05) is 18.8 Å². The van der Waals surface area contributed by atoms with Gasteiger partial charge in [0.05, 0.1) is 0 Å². The SMILES string of the molecule is CCC1(CC)CN=C(NCc2ccc(C(C)C)cc2)SC1. The summed E-state index contributed by atoms with van der Waals surface area (Å²) >= 11 is 1.89. The summed E-state index contributed by atoms with van der Waals surface area (Å²) in [5.74, 6) is 1.79. The van der Waals surface area contributed by atoms with Crippen LogP contribution in [0.1, 0.15) is 57.6 Å². The minimum absolute atomic E-state index is 0.425. The lowest BCUT2D eigenvalue weighted by Crippen LogP contribution is -2.34. The van der Waals surface area contributed by atoms with Gasteiger partial charge in [-0.3, -0.25) is 4.99 Å². The van der Waals surface area contributed by atoms with Gasteiger partial charge in [-0.25, -0.2) is 0 Å². The van der Waals surface area contributed by atoms with Gasteiger partial charge in [-0.05, 0) is 35.3 Å². The predicted octanol–water partition coefficient (Wildman–Crippen LogP) is 4.81. The van der Waals surface area contributed by atoms with Crippen LogP contribution in [0.5, 0.6) is 0 Å². The highest BCUT2D eigenvalue weighted by atomic mass is 32.2. The Bertz CT molecular complexity index is 472. The Balaban J connectivity index is 1.88. The van der Waals surface area contributed by atoms with E-state index in [1.165, 1.54) is 29.7 Å². The summed E-state index contributed by atoms with van der Waals surface area (Å²) in [5.41, 5.74) is 3.15. The normalized spacial score (nSPS) is 17.7. The Morgan fingerprint density at radius 1 is 1.19 bits per heavy atom. The standard InChI is InChI=1S/C18H28N2S/c1-5-18(6-2)12-20-17(21-13-18)19-11-15-7-9-16(10-8-15)14(3)4/h7-10,14H,5-6,11-13H2,1-4H3,(H,19,20). The minimum Gasteiger partial charge on any atom is -0.361 e. The maximum atomic E-state index is 4.75. The second-order valence-corrected chi connectivity index (χ2v) is 7.33. The fourth-order valence-electron chi connectivity index (χ4n) is 2.53. The third-order valence-corrected chi connectivity index (χ3v) is 5.97. The van der Waals surface area contributed by atoms with E-state index >= 15 is 0 Å². The number of hydrogen-bond acceptors (Lipinski definition) is 3. The summed E-state index contributed by atoms with van der Waals surface area (Å²) < 4.78 is 0. The van der Waals surface area contributed by atoms with E-state index in [0.29, 0.717) is 11.3 Å². The number of thioether (sulfide) groups is 1. The largest absolute Gasteiger partial charge is 0.361 e. The molecule has 1 N–H and O–H groups in total. The Morgan fingerprint density at radius 3 is 2.33 bits per heavy atom. The maximum Gasteiger partial charge on any atom is 0.156 e. The molecular weight excluding hydrogens is 276 g/mol. The van der Waals surface area contributed by atoms with Crippen molar-refractivity contribution in [2.45, 2.75) is 53.0 Å². The Labute approximate surface area is 133 Å². The van der Waals surface area contributed by atoms with Crippen LogP contribution < -0.4 is 5.32 Å². The highest BCUT2D eigenvalue weighted by Crippen LogP contribution is 2.34. The van der Waals surface area contributed by atoms with Gasteiger partial charge >= 0.3 is 0 Å². The van der Waals surface area contributed by atoms with E-state index in [9.17, 15) is 0 Å². The van der Waals surface area contributed by atoms with Crippen molar-refractivity contribution < 1.29 is 0 Å². The number of hydrogen-bond donors (Lipinski definition) is 1. The molecule has 3 heteroatoms. The molecule has 0 bridgehead atoms. The summed E-state index contributed by atoms with van der Waals surface area (Å²) in [7, 11) is 0. The molecule has 0 spiro atoms. The molecule has 0 amide bonds. The van der Waals surface area contributed by atoms with E-state index in [-0.39, 0.29) is 0 Å². The monoisotopic (exact) mass is 304 g/mol. The average molecular weight is 305 g/mol. The number of aliphatic imine (C=N–C) groups is 1. The summed E-state index contributed by atoms with van der Waals surface area (Å²) in [5, 5.41) is 4.60. The molecule has 0 saturated heterocycles. The van der Waals surface area contributed by atoms with Gasteiger partial charge < -0.3 is 5.32 Å². The first-order valence-corrected chi connectivity index (χ1v) is 9.07. The van der Waals surface area contributed by atoms with Crippen LogP contribution in [-0.4, -0.2) is 17.5 Å². The molecule has 0 atom stereocenters. The molecule has 2 nitrogen and oxygen atoms in total. The number of benzene rings is 1. The van der Waals surface area contributed by atoms with Crippen molar-refractivity contribution >= 4 is 16.9 Å². The summed E-state index contributed by atoms with van der Waals surface area (Å²) in [6.07, 6.45) is 2.45. The summed E-state index contributed by atoms with van der Waals surface area (Å²) in [6, 6.07) is 8.91. The minimum atomic E-state index is 0.425. The quantitative estimate of drug-likeness (QED) is 0.844. The molecule has 1 aliphatic heterocycles. The van der Waals surface area contributed by atoms with Gasteiger partial charge in [-0.15, -0.1) is 0 Å². The molecular formula is C18H28N2S. The molecule has 0 unspecified atom stereocenters. The number of nitrogens with one attached hydrogen (secondary N) is 1. The fourth-order valence-corrected chi connectivity index (χ4v) is 3.81. The molecule has 1 heterocycles. The molecule has 1 aromatic rings. The molecule has 1 aromatic carbocycles. The van der Waals surface area contributed by atoms with Crippen molar-refractivity contribution in [2.75, 3.05) is 12.3 Å². The van der Waals surface area contributed by atoms with Crippen LogP contribution in [0.25, 0.3) is 0 Å². The molecule has 0 fully saturated rings. The van der Waals surface area contributed by atoms with Crippen molar-refractivity contribution in [3.05, 3.63) is 35.4 Å². The van der Waals surface area contributed by atoms with Crippen LogP contribution in [0.4, 0.5) is 0 Å². The topological polar surface area (TPSA) is 24.4 Å². The second-order valence-electron chi connectivity index (χ2n) is 6.37. The molecule has 0 saturated carbocycles. The van der Waals surface area contributed by atoms with E-state index in [2.05, 4.69) is 57.3 Å². The molecule has 116 valence electrons. The third-order valence-electron chi connectivity index (χ3n) is 4.66. The Morgan fingerprint density at radius 2 is 1.86 bits per heavy atom. The van der Waals surface area contributed by atoms with Crippen LogP contribution in [0.2, 0.25) is 0 Å². The lowest BCUT2D eigenvalue weighted by atomic mass is 9.84. The zero-order valence-electron chi connectivity index (χ0n) is 13.8. The highest BCUT2D eigenvalue weighted by Gasteiger charge is 2.29. The van der Waals surface area contributed by atoms with Crippen molar-refractivity contribution in [2.24, 2.45) is 10.4 Å².